The van der Waals surface area contributed by atoms with Crippen LogP contribution >= 0.6 is 0 Å². The number of aliphatic carboxylic acids is 1. The van der Waals surface area contributed by atoms with Gasteiger partial charge >= 0.3 is 5.97 Å². The number of carbonyl (C=O) groups is 3. The Bertz CT molecular complexity index is 499. The number of nitrogens with two attached hydrogens (primary N) is 2. The first-order valence-corrected chi connectivity index (χ1v) is 6.03. The van der Waals surface area contributed by atoms with Crippen LogP contribution in [-0.4, -0.2) is 28.9 Å². The Hall–Kier alpha value is -2.57. The van der Waals surface area contributed by atoms with Crippen LogP contribution in [0.1, 0.15) is 18.4 Å². The van der Waals surface area contributed by atoms with Crippen LogP contribution in [0, 0.1) is 0 Å². The van der Waals surface area contributed by atoms with Crippen LogP contribution in [0.25, 0.3) is 0 Å². The molecule has 0 spiro atoms. The van der Waals surface area contributed by atoms with Gasteiger partial charge in [0.25, 0.3) is 0 Å². The first kappa shape index (κ1) is 15.5. The van der Waals surface area contributed by atoms with Gasteiger partial charge in [-0.25, -0.2) is 4.79 Å². The lowest BCUT2D eigenvalue weighted by Gasteiger charge is -2.12. The zero-order valence-corrected chi connectivity index (χ0v) is 10.8. The highest BCUT2D eigenvalue weighted by Crippen LogP contribution is 2.07. The fourth-order valence-corrected chi connectivity index (χ4v) is 1.61. The summed E-state index contributed by atoms with van der Waals surface area (Å²) >= 11 is 0. The minimum Gasteiger partial charge on any atom is -0.480 e. The number of primary amides is 1. The molecule has 0 fully saturated rings. The van der Waals surface area contributed by atoms with Gasteiger partial charge in [0, 0.05) is 12.1 Å². The van der Waals surface area contributed by atoms with Crippen molar-refractivity contribution in [3.8, 4) is 0 Å². The molecule has 1 atom stereocenters. The van der Waals surface area contributed by atoms with Gasteiger partial charge in [0.05, 0.1) is 6.42 Å². The summed E-state index contributed by atoms with van der Waals surface area (Å²) in [6.45, 7) is 0. The lowest BCUT2D eigenvalue weighted by molar-refractivity contribution is -0.143. The number of carboxylic acids is 1. The molecule has 20 heavy (non-hydrogen) atoms. The number of rotatable bonds is 7. The molecule has 0 radical (unpaired) electrons. The molecule has 0 unspecified atom stereocenters. The third-order valence-electron chi connectivity index (χ3n) is 2.66. The van der Waals surface area contributed by atoms with Crippen molar-refractivity contribution in [1.82, 2.24) is 5.32 Å². The second-order valence-corrected chi connectivity index (χ2v) is 4.37. The summed E-state index contributed by atoms with van der Waals surface area (Å²) in [5.74, 6) is -2.52. The Morgan fingerprint density at radius 1 is 1.20 bits per heavy atom. The largest absolute Gasteiger partial charge is 0.480 e. The number of carboxylic acid groups (broad SMARTS) is 1. The summed E-state index contributed by atoms with van der Waals surface area (Å²) < 4.78 is 0. The highest BCUT2D eigenvalue weighted by atomic mass is 16.4. The van der Waals surface area contributed by atoms with Crippen molar-refractivity contribution < 1.29 is 19.5 Å². The number of anilines is 1. The van der Waals surface area contributed by atoms with Gasteiger partial charge in [0.2, 0.25) is 11.8 Å². The van der Waals surface area contributed by atoms with Gasteiger partial charge < -0.3 is 21.9 Å². The molecule has 2 amide bonds. The standard InChI is InChI=1S/C13H17N3O4/c14-9-4-1-8(2-5-9)3-6-12(18)16-10(13(19)20)7-11(15)17/h1-2,4-5,10H,3,6-7,14H2,(H2,15,17)(H,16,18)(H,19,20)/t10-/m1/s1. The van der Waals surface area contributed by atoms with Gasteiger partial charge in [-0.1, -0.05) is 12.1 Å². The first-order chi connectivity index (χ1) is 9.38. The summed E-state index contributed by atoms with van der Waals surface area (Å²) in [7, 11) is 0. The maximum Gasteiger partial charge on any atom is 0.326 e. The number of carbonyl (C=O) groups excluding carboxylic acids is 2. The van der Waals surface area contributed by atoms with Crippen molar-refractivity contribution in [3.63, 3.8) is 0 Å². The van der Waals surface area contributed by atoms with E-state index in [2.05, 4.69) is 5.32 Å². The van der Waals surface area contributed by atoms with Crippen molar-refractivity contribution in [2.24, 2.45) is 5.73 Å². The fourth-order valence-electron chi connectivity index (χ4n) is 1.61. The van der Waals surface area contributed by atoms with E-state index in [9.17, 15) is 14.4 Å². The highest BCUT2D eigenvalue weighted by Gasteiger charge is 2.21. The zero-order valence-electron chi connectivity index (χ0n) is 10.8. The molecule has 0 saturated heterocycles. The number of hydrogen-bond donors (Lipinski definition) is 4. The Morgan fingerprint density at radius 2 is 1.80 bits per heavy atom. The maximum atomic E-state index is 11.6. The first-order valence-electron chi connectivity index (χ1n) is 6.03. The molecule has 108 valence electrons. The van der Waals surface area contributed by atoms with Crippen molar-refractivity contribution in [2.75, 3.05) is 5.73 Å². The van der Waals surface area contributed by atoms with Crippen LogP contribution in [0.2, 0.25) is 0 Å². The van der Waals surface area contributed by atoms with Crippen LogP contribution in [0.4, 0.5) is 5.69 Å². The van der Waals surface area contributed by atoms with Crippen LogP contribution in [0.5, 0.6) is 0 Å². The molecule has 7 nitrogen and oxygen atoms in total. The number of hydrogen-bond acceptors (Lipinski definition) is 4. The van der Waals surface area contributed by atoms with E-state index in [-0.39, 0.29) is 6.42 Å². The van der Waals surface area contributed by atoms with Crippen LogP contribution in [0.15, 0.2) is 24.3 Å². The molecule has 6 N–H and O–H groups in total. The number of nitrogens with one attached hydrogen (secondary N) is 1. The zero-order chi connectivity index (χ0) is 15.1. The van der Waals surface area contributed by atoms with Gasteiger partial charge in [-0.15, -0.1) is 0 Å². The van der Waals surface area contributed by atoms with E-state index in [1.54, 1.807) is 24.3 Å². The predicted octanol–water partition coefficient (Wildman–Crippen LogP) is -0.354. The van der Waals surface area contributed by atoms with Crippen molar-refractivity contribution in [3.05, 3.63) is 29.8 Å². The molecule has 0 heterocycles. The number of benzene rings is 1. The fraction of sp³-hybridized carbons (Fsp3) is 0.308. The average Bonchev–Trinajstić information content (AvgIpc) is 2.36. The number of amides is 2. The highest BCUT2D eigenvalue weighted by molar-refractivity contribution is 5.88. The SMILES string of the molecule is NC(=O)C[C@@H](NC(=O)CCc1ccc(N)cc1)C(=O)O. The smallest absolute Gasteiger partial charge is 0.326 e. The molecule has 1 aromatic rings. The minimum absolute atomic E-state index is 0.118. The van der Waals surface area contributed by atoms with Crippen molar-refractivity contribution >= 4 is 23.5 Å². The van der Waals surface area contributed by atoms with E-state index in [1.807, 2.05) is 0 Å². The van der Waals surface area contributed by atoms with E-state index in [1.165, 1.54) is 0 Å². The Morgan fingerprint density at radius 3 is 2.30 bits per heavy atom. The lowest BCUT2D eigenvalue weighted by atomic mass is 10.1. The normalized spacial score (nSPS) is 11.6. The molecule has 1 aromatic carbocycles. The van der Waals surface area contributed by atoms with Gasteiger partial charge in [-0.2, -0.15) is 0 Å². The molecule has 0 aliphatic heterocycles. The quantitative estimate of drug-likeness (QED) is 0.506. The van der Waals surface area contributed by atoms with E-state index in [0.717, 1.165) is 5.56 Å². The van der Waals surface area contributed by atoms with E-state index in [4.69, 9.17) is 16.6 Å². The summed E-state index contributed by atoms with van der Waals surface area (Å²) in [4.78, 5) is 33.2. The summed E-state index contributed by atoms with van der Waals surface area (Å²) in [5, 5.41) is 11.1. The Balaban J connectivity index is 2.47. The van der Waals surface area contributed by atoms with Crippen molar-refractivity contribution in [2.45, 2.75) is 25.3 Å². The number of nitrogen functional groups attached to an aromatic ring is 1. The van der Waals surface area contributed by atoms with E-state index >= 15 is 0 Å². The summed E-state index contributed by atoms with van der Waals surface area (Å²) in [6, 6.07) is 5.74. The average molecular weight is 279 g/mol. The minimum atomic E-state index is -1.29. The molecule has 0 aliphatic carbocycles. The monoisotopic (exact) mass is 279 g/mol. The predicted molar refractivity (Wildman–Crippen MR) is 72.6 cm³/mol. The van der Waals surface area contributed by atoms with Gasteiger partial charge in [0.1, 0.15) is 6.04 Å². The molecule has 0 bridgehead atoms. The van der Waals surface area contributed by atoms with Gasteiger partial charge in [0.15, 0.2) is 0 Å². The van der Waals surface area contributed by atoms with Crippen LogP contribution in [0.3, 0.4) is 0 Å². The van der Waals surface area contributed by atoms with Crippen molar-refractivity contribution in [1.29, 1.82) is 0 Å². The van der Waals surface area contributed by atoms with E-state index < -0.39 is 30.2 Å². The van der Waals surface area contributed by atoms with Crippen LogP contribution in [-0.2, 0) is 20.8 Å². The third-order valence-corrected chi connectivity index (χ3v) is 2.66. The molecule has 0 aromatic heterocycles. The summed E-state index contributed by atoms with van der Waals surface area (Å²) in [5.41, 5.74) is 12.0. The van der Waals surface area contributed by atoms with Crippen LogP contribution < -0.4 is 16.8 Å². The molecular weight excluding hydrogens is 262 g/mol. The van der Waals surface area contributed by atoms with Gasteiger partial charge in [-0.05, 0) is 24.1 Å². The molecule has 1 rings (SSSR count). The third kappa shape index (κ3) is 5.38. The number of aryl methyl sites for hydroxylation is 1. The lowest BCUT2D eigenvalue weighted by Crippen LogP contribution is -2.43. The maximum absolute atomic E-state index is 11.6. The topological polar surface area (TPSA) is 136 Å². The molecule has 0 saturated carbocycles. The second kappa shape index (κ2) is 7.13. The summed E-state index contributed by atoms with van der Waals surface area (Å²) in [6.07, 6.45) is 0.143. The molecular formula is C13H17N3O4. The second-order valence-electron chi connectivity index (χ2n) is 4.37. The Kier molecular flexibility index (Phi) is 5.52. The molecule has 0 aliphatic rings. The Labute approximate surface area is 115 Å². The van der Waals surface area contributed by atoms with E-state index in [0.29, 0.717) is 12.1 Å². The molecule has 7 heteroatoms. The van der Waals surface area contributed by atoms with Gasteiger partial charge in [-0.3, -0.25) is 9.59 Å².